The Morgan fingerprint density at radius 1 is 1.53 bits per heavy atom. The van der Waals surface area contributed by atoms with Crippen LogP contribution < -0.4 is 4.90 Å². The lowest BCUT2D eigenvalue weighted by Gasteiger charge is -2.18. The minimum atomic E-state index is -0.471. The van der Waals surface area contributed by atoms with E-state index < -0.39 is 5.82 Å². The molecule has 5 heteroatoms. The van der Waals surface area contributed by atoms with E-state index in [1.54, 1.807) is 0 Å². The molecule has 2 rings (SSSR count). The summed E-state index contributed by atoms with van der Waals surface area (Å²) in [6, 6.07) is 3.91. The summed E-state index contributed by atoms with van der Waals surface area (Å²) in [6.45, 7) is 1.87. The van der Waals surface area contributed by atoms with Gasteiger partial charge in [0.2, 0.25) is 5.91 Å². The maximum atomic E-state index is 13.1. The van der Waals surface area contributed by atoms with E-state index in [-0.39, 0.29) is 22.1 Å². The Balaban J connectivity index is 2.45. The number of hydrogen-bond acceptors (Lipinski definition) is 2. The van der Waals surface area contributed by atoms with Crippen LogP contribution in [0.1, 0.15) is 23.7 Å². The average Bonchev–Trinajstić information content (AvgIpc) is 2.57. The first-order valence-electron chi connectivity index (χ1n) is 5.24. The van der Waals surface area contributed by atoms with Crippen molar-refractivity contribution in [2.75, 3.05) is 11.4 Å². The number of benzene rings is 1. The van der Waals surface area contributed by atoms with Crippen molar-refractivity contribution in [3.05, 3.63) is 29.6 Å². The molecule has 1 fully saturated rings. The minimum absolute atomic E-state index is 0.0546. The smallest absolute Gasteiger partial charge is 0.228 e. The van der Waals surface area contributed by atoms with Crippen molar-refractivity contribution in [3.63, 3.8) is 0 Å². The lowest BCUT2D eigenvalue weighted by Crippen LogP contribution is -2.26. The van der Waals surface area contributed by atoms with Gasteiger partial charge in [-0.2, -0.15) is 0 Å². The lowest BCUT2D eigenvalue weighted by atomic mass is 10.1. The van der Waals surface area contributed by atoms with Crippen molar-refractivity contribution in [1.29, 1.82) is 0 Å². The number of ketones is 1. The number of hydrogen-bond donors (Lipinski definition) is 0. The summed E-state index contributed by atoms with van der Waals surface area (Å²) in [5.74, 6) is -0.771. The Bertz CT molecular complexity index is 489. The zero-order valence-corrected chi connectivity index (χ0v) is 10.8. The highest BCUT2D eigenvalue weighted by Gasteiger charge is 2.30. The van der Waals surface area contributed by atoms with Crippen molar-refractivity contribution < 1.29 is 14.0 Å². The largest absolute Gasteiger partial charge is 0.311 e. The first kappa shape index (κ1) is 12.2. The lowest BCUT2D eigenvalue weighted by molar-refractivity contribution is -0.117. The van der Waals surface area contributed by atoms with Crippen molar-refractivity contribution in [2.45, 2.75) is 18.2 Å². The van der Waals surface area contributed by atoms with Gasteiger partial charge in [0.25, 0.3) is 0 Å². The van der Waals surface area contributed by atoms with Gasteiger partial charge < -0.3 is 4.90 Å². The highest BCUT2D eigenvalue weighted by Crippen LogP contribution is 2.29. The van der Waals surface area contributed by atoms with E-state index in [4.69, 9.17) is 0 Å². The summed E-state index contributed by atoms with van der Waals surface area (Å²) in [6.07, 6.45) is 0.398. The fraction of sp³-hybridized carbons (Fsp3) is 0.333. The minimum Gasteiger partial charge on any atom is -0.311 e. The maximum Gasteiger partial charge on any atom is 0.228 e. The van der Waals surface area contributed by atoms with Gasteiger partial charge in [-0.1, -0.05) is 15.9 Å². The summed E-state index contributed by atoms with van der Waals surface area (Å²) in [5.41, 5.74) is 0.741. The molecule has 1 unspecified atom stereocenters. The molecule has 1 aromatic carbocycles. The zero-order chi connectivity index (χ0) is 12.6. The van der Waals surface area contributed by atoms with Crippen molar-refractivity contribution in [1.82, 2.24) is 0 Å². The third kappa shape index (κ3) is 2.39. The highest BCUT2D eigenvalue weighted by molar-refractivity contribution is 9.09. The van der Waals surface area contributed by atoms with Crippen LogP contribution in [0.15, 0.2) is 18.2 Å². The third-order valence-electron chi connectivity index (χ3n) is 2.71. The highest BCUT2D eigenvalue weighted by atomic mass is 79.9. The fourth-order valence-electron chi connectivity index (χ4n) is 1.92. The molecule has 0 radical (unpaired) electrons. The van der Waals surface area contributed by atoms with Crippen LogP contribution in [0, 0.1) is 5.82 Å². The number of alkyl halides is 1. The predicted octanol–water partition coefficient (Wildman–Crippen LogP) is 2.53. The summed E-state index contributed by atoms with van der Waals surface area (Å²) in [5, 5.41) is 0. The van der Waals surface area contributed by atoms with Crippen LogP contribution in [0.25, 0.3) is 0 Å². The van der Waals surface area contributed by atoms with Gasteiger partial charge in [0, 0.05) is 23.4 Å². The van der Waals surface area contributed by atoms with E-state index in [2.05, 4.69) is 15.9 Å². The van der Waals surface area contributed by atoms with E-state index >= 15 is 0 Å². The molecule has 1 aliphatic heterocycles. The summed E-state index contributed by atoms with van der Waals surface area (Å²) in [7, 11) is 0. The van der Waals surface area contributed by atoms with Crippen LogP contribution >= 0.6 is 15.9 Å². The zero-order valence-electron chi connectivity index (χ0n) is 9.24. The Morgan fingerprint density at radius 3 is 2.76 bits per heavy atom. The monoisotopic (exact) mass is 299 g/mol. The molecule has 1 saturated heterocycles. The van der Waals surface area contributed by atoms with Crippen LogP contribution in [-0.2, 0) is 4.79 Å². The third-order valence-corrected chi connectivity index (χ3v) is 3.32. The molecule has 0 aromatic heterocycles. The number of halogens is 2. The molecule has 1 heterocycles. The number of rotatable bonds is 2. The molecule has 1 aromatic rings. The van der Waals surface area contributed by atoms with Crippen LogP contribution in [0.5, 0.6) is 0 Å². The molecule has 0 spiro atoms. The van der Waals surface area contributed by atoms with Crippen molar-refractivity contribution in [2.24, 2.45) is 0 Å². The second-order valence-electron chi connectivity index (χ2n) is 4.02. The van der Waals surface area contributed by atoms with Gasteiger partial charge in [-0.25, -0.2) is 4.39 Å². The number of anilines is 1. The van der Waals surface area contributed by atoms with Crippen molar-refractivity contribution in [3.8, 4) is 0 Å². The average molecular weight is 300 g/mol. The predicted molar refractivity (Wildman–Crippen MR) is 66.1 cm³/mol. The molecule has 90 valence electrons. The molecule has 17 heavy (non-hydrogen) atoms. The van der Waals surface area contributed by atoms with Crippen LogP contribution in [-0.4, -0.2) is 23.1 Å². The summed E-state index contributed by atoms with van der Waals surface area (Å²) in [4.78, 5) is 24.8. The second-order valence-corrected chi connectivity index (χ2v) is 5.32. The molecule has 0 saturated carbocycles. The summed E-state index contributed by atoms with van der Waals surface area (Å²) >= 11 is 3.37. The molecule has 1 amide bonds. The Morgan fingerprint density at radius 2 is 2.24 bits per heavy atom. The van der Waals surface area contributed by atoms with Gasteiger partial charge in [-0.15, -0.1) is 0 Å². The fourth-order valence-corrected chi connectivity index (χ4v) is 2.49. The molecular weight excluding hydrogens is 289 g/mol. The standard InChI is InChI=1S/C12H11BrFNO2/c1-7(16)10-5-9(14)2-3-11(10)15-6-8(13)4-12(15)17/h2-3,5,8H,4,6H2,1H3. The van der Waals surface area contributed by atoms with Crippen LogP contribution in [0.3, 0.4) is 0 Å². The van der Waals surface area contributed by atoms with Gasteiger partial charge in [0.05, 0.1) is 5.69 Å². The number of carbonyl (C=O) groups excluding carboxylic acids is 2. The number of Topliss-reactive ketones (excluding diaryl/α,β-unsaturated/α-hetero) is 1. The molecule has 0 N–H and O–H groups in total. The normalized spacial score (nSPS) is 19.8. The number of carbonyl (C=O) groups is 2. The molecule has 3 nitrogen and oxygen atoms in total. The Labute approximate surface area is 107 Å². The maximum absolute atomic E-state index is 13.1. The van der Waals surface area contributed by atoms with Gasteiger partial charge in [0.15, 0.2) is 5.78 Å². The van der Waals surface area contributed by atoms with Gasteiger partial charge in [-0.3, -0.25) is 9.59 Å². The van der Waals surface area contributed by atoms with Crippen LogP contribution in [0.2, 0.25) is 0 Å². The van der Waals surface area contributed by atoms with Gasteiger partial charge >= 0.3 is 0 Å². The molecule has 0 bridgehead atoms. The Kier molecular flexibility index (Phi) is 3.28. The van der Waals surface area contributed by atoms with E-state index in [9.17, 15) is 14.0 Å². The molecule has 1 aliphatic rings. The molecular formula is C12H11BrFNO2. The van der Waals surface area contributed by atoms with Crippen molar-refractivity contribution >= 4 is 33.3 Å². The van der Waals surface area contributed by atoms with E-state index in [0.29, 0.717) is 18.7 Å². The summed E-state index contributed by atoms with van der Waals surface area (Å²) < 4.78 is 13.1. The Hall–Kier alpha value is -1.23. The van der Waals surface area contributed by atoms with E-state index in [1.165, 1.54) is 30.0 Å². The number of amides is 1. The van der Waals surface area contributed by atoms with Gasteiger partial charge in [0.1, 0.15) is 5.82 Å². The molecule has 1 atom stereocenters. The van der Waals surface area contributed by atoms with E-state index in [0.717, 1.165) is 0 Å². The first-order chi connectivity index (χ1) is 7.99. The van der Waals surface area contributed by atoms with Crippen LogP contribution in [0.4, 0.5) is 10.1 Å². The topological polar surface area (TPSA) is 37.4 Å². The SMILES string of the molecule is CC(=O)c1cc(F)ccc1N1CC(Br)CC1=O. The van der Waals surface area contributed by atoms with E-state index in [1.807, 2.05) is 0 Å². The number of nitrogens with zero attached hydrogens (tertiary/aromatic N) is 1. The molecule has 0 aliphatic carbocycles. The first-order valence-corrected chi connectivity index (χ1v) is 6.15. The second kappa shape index (κ2) is 4.56. The quantitative estimate of drug-likeness (QED) is 0.622. The van der Waals surface area contributed by atoms with Gasteiger partial charge in [-0.05, 0) is 25.1 Å².